The van der Waals surface area contributed by atoms with Crippen LogP contribution < -0.4 is 10.1 Å². The van der Waals surface area contributed by atoms with Gasteiger partial charge in [-0.25, -0.2) is 4.79 Å². The molecule has 5 heteroatoms. The highest BCUT2D eigenvalue weighted by molar-refractivity contribution is 5.80. The van der Waals surface area contributed by atoms with Crippen LogP contribution in [0.2, 0.25) is 0 Å². The molecule has 5 rings (SSSR count). The van der Waals surface area contributed by atoms with Crippen molar-refractivity contribution < 1.29 is 14.6 Å². The van der Waals surface area contributed by atoms with Gasteiger partial charge in [0.2, 0.25) is 0 Å². The number of nitrogens with one attached hydrogen (secondary N) is 1. The topological polar surface area (TPSA) is 61.8 Å². The Hall–Kier alpha value is -4.25. The number of hydrogen-bond donors (Lipinski definition) is 2. The van der Waals surface area contributed by atoms with Crippen molar-refractivity contribution in [3.63, 3.8) is 0 Å². The lowest BCUT2D eigenvalue weighted by molar-refractivity contribution is -0.137. The Balaban J connectivity index is 1.20. The van der Waals surface area contributed by atoms with Gasteiger partial charge in [-0.05, 0) is 47.4 Å². The zero-order valence-electron chi connectivity index (χ0n) is 21.1. The summed E-state index contributed by atoms with van der Waals surface area (Å²) in [6.07, 6.45) is 9.94. The fourth-order valence-electron chi connectivity index (χ4n) is 4.95. The molecule has 188 valence electrons. The molecule has 0 aromatic heterocycles. The van der Waals surface area contributed by atoms with Crippen LogP contribution in [0, 0.1) is 6.92 Å². The van der Waals surface area contributed by atoms with E-state index in [2.05, 4.69) is 58.8 Å². The summed E-state index contributed by atoms with van der Waals surface area (Å²) in [6.45, 7) is 4.20. The molecule has 37 heavy (non-hydrogen) atoms. The van der Waals surface area contributed by atoms with Crippen molar-refractivity contribution in [2.75, 3.05) is 18.5 Å². The maximum Gasteiger partial charge on any atom is 0.326 e. The number of ether oxygens (including phenoxy) is 1. The number of anilines is 1. The molecule has 1 unspecified atom stereocenters. The third-order valence-electron chi connectivity index (χ3n) is 6.95. The number of aliphatic carboxylic acids is 1. The van der Waals surface area contributed by atoms with Crippen molar-refractivity contribution >= 4 is 17.2 Å². The second-order valence-corrected chi connectivity index (χ2v) is 9.48. The minimum atomic E-state index is -0.872. The number of aryl methyl sites for hydroxylation is 1. The Morgan fingerprint density at radius 3 is 2.62 bits per heavy atom. The van der Waals surface area contributed by atoms with Crippen LogP contribution in [0.1, 0.15) is 28.7 Å². The molecule has 0 amide bonds. The minimum Gasteiger partial charge on any atom is -0.492 e. The maximum absolute atomic E-state index is 11.9. The zero-order chi connectivity index (χ0) is 25.6. The van der Waals surface area contributed by atoms with Crippen LogP contribution in [-0.4, -0.2) is 35.2 Å². The molecular formula is C32H32N2O3. The third kappa shape index (κ3) is 5.78. The van der Waals surface area contributed by atoms with Gasteiger partial charge in [0, 0.05) is 36.3 Å². The van der Waals surface area contributed by atoms with Crippen LogP contribution in [0.5, 0.6) is 5.75 Å². The number of fused-ring (bicyclic) bond motifs is 2. The van der Waals surface area contributed by atoms with E-state index in [0.717, 1.165) is 42.1 Å². The molecule has 2 aliphatic rings. The van der Waals surface area contributed by atoms with Gasteiger partial charge < -0.3 is 20.1 Å². The van der Waals surface area contributed by atoms with Gasteiger partial charge in [0.05, 0.1) is 6.54 Å². The van der Waals surface area contributed by atoms with Gasteiger partial charge in [-0.1, -0.05) is 78.9 Å². The van der Waals surface area contributed by atoms with E-state index in [4.69, 9.17) is 4.74 Å². The summed E-state index contributed by atoms with van der Waals surface area (Å²) in [7, 11) is 0. The molecule has 1 atom stereocenters. The lowest BCUT2D eigenvalue weighted by Gasteiger charge is -2.34. The smallest absolute Gasteiger partial charge is 0.326 e. The number of benzene rings is 3. The predicted molar refractivity (Wildman–Crippen MR) is 149 cm³/mol. The third-order valence-corrected chi connectivity index (χ3v) is 6.95. The quantitative estimate of drug-likeness (QED) is 0.371. The molecule has 0 spiro atoms. The van der Waals surface area contributed by atoms with Crippen molar-refractivity contribution in [3.05, 3.63) is 125 Å². The van der Waals surface area contributed by atoms with E-state index in [1.54, 1.807) is 0 Å². The molecular weight excluding hydrogens is 460 g/mol. The molecule has 0 bridgehead atoms. The first kappa shape index (κ1) is 24.4. The maximum atomic E-state index is 11.9. The zero-order valence-corrected chi connectivity index (χ0v) is 21.1. The number of para-hydroxylation sites is 1. The molecule has 0 saturated heterocycles. The molecule has 3 aromatic carbocycles. The molecule has 1 aliphatic carbocycles. The Morgan fingerprint density at radius 1 is 1.03 bits per heavy atom. The molecule has 5 nitrogen and oxygen atoms in total. The number of allylic oxidation sites excluding steroid dienone is 5. The average Bonchev–Trinajstić information content (AvgIpc) is 3.17. The summed E-state index contributed by atoms with van der Waals surface area (Å²) in [5.41, 5.74) is 8.10. The van der Waals surface area contributed by atoms with E-state index in [1.807, 2.05) is 55.5 Å². The normalized spacial score (nSPS) is 15.0. The van der Waals surface area contributed by atoms with Crippen molar-refractivity contribution in [1.29, 1.82) is 0 Å². The van der Waals surface area contributed by atoms with Gasteiger partial charge in [0.25, 0.3) is 0 Å². The van der Waals surface area contributed by atoms with Crippen LogP contribution in [0.15, 0.2) is 103 Å². The highest BCUT2D eigenvalue weighted by atomic mass is 16.5. The van der Waals surface area contributed by atoms with E-state index in [1.165, 1.54) is 22.4 Å². The minimum absolute atomic E-state index is 0.384. The number of carboxylic acid groups (broad SMARTS) is 1. The predicted octanol–water partition coefficient (Wildman–Crippen LogP) is 6.22. The summed E-state index contributed by atoms with van der Waals surface area (Å²) in [4.78, 5) is 14.3. The Kier molecular flexibility index (Phi) is 7.41. The highest BCUT2D eigenvalue weighted by Crippen LogP contribution is 2.35. The SMILES string of the molecule is Cc1ccccc1NC(Cc1ccc(OCCN2Cc3ccccc3C3=C2CC=CC=C3)cc1)C(=O)O. The van der Waals surface area contributed by atoms with Gasteiger partial charge >= 0.3 is 5.97 Å². The van der Waals surface area contributed by atoms with Gasteiger partial charge in [-0.3, -0.25) is 0 Å². The fraction of sp³-hybridized carbons (Fsp3) is 0.219. The fourth-order valence-corrected chi connectivity index (χ4v) is 4.95. The average molecular weight is 493 g/mol. The summed E-state index contributed by atoms with van der Waals surface area (Å²) < 4.78 is 6.09. The number of carbonyl (C=O) groups is 1. The standard InChI is InChI=1S/C32H32N2O3/c1-23-9-5-8-13-29(23)33-30(32(35)36)21-24-15-17-26(18-16-24)37-20-19-34-22-25-10-6-7-11-27(25)28-12-3-2-4-14-31(28)34/h2-13,15-18,30,33H,14,19-22H2,1H3,(H,35,36). The van der Waals surface area contributed by atoms with E-state index < -0.39 is 12.0 Å². The number of hydrogen-bond acceptors (Lipinski definition) is 4. The molecule has 0 saturated carbocycles. The lowest BCUT2D eigenvalue weighted by atomic mass is 9.92. The van der Waals surface area contributed by atoms with Crippen LogP contribution in [0.4, 0.5) is 5.69 Å². The first-order chi connectivity index (χ1) is 18.1. The van der Waals surface area contributed by atoms with Gasteiger partial charge in [-0.15, -0.1) is 0 Å². The van der Waals surface area contributed by atoms with Crippen molar-refractivity contribution in [1.82, 2.24) is 4.90 Å². The lowest BCUT2D eigenvalue weighted by Crippen LogP contribution is -2.31. The van der Waals surface area contributed by atoms with Crippen LogP contribution in [0.3, 0.4) is 0 Å². The van der Waals surface area contributed by atoms with E-state index in [0.29, 0.717) is 13.0 Å². The Morgan fingerprint density at radius 2 is 1.81 bits per heavy atom. The molecule has 1 aliphatic heterocycles. The van der Waals surface area contributed by atoms with Crippen LogP contribution in [-0.2, 0) is 17.8 Å². The number of nitrogens with zero attached hydrogens (tertiary/aromatic N) is 1. The highest BCUT2D eigenvalue weighted by Gasteiger charge is 2.23. The second-order valence-electron chi connectivity index (χ2n) is 9.48. The van der Waals surface area contributed by atoms with Crippen LogP contribution >= 0.6 is 0 Å². The first-order valence-corrected chi connectivity index (χ1v) is 12.7. The summed E-state index contributed by atoms with van der Waals surface area (Å²) >= 11 is 0. The van der Waals surface area contributed by atoms with E-state index in [9.17, 15) is 9.90 Å². The van der Waals surface area contributed by atoms with Crippen molar-refractivity contribution in [2.24, 2.45) is 0 Å². The first-order valence-electron chi connectivity index (χ1n) is 12.7. The summed E-state index contributed by atoms with van der Waals surface area (Å²) in [5, 5.41) is 12.9. The summed E-state index contributed by atoms with van der Waals surface area (Å²) in [6, 6.07) is 23.4. The number of carboxylic acids is 1. The monoisotopic (exact) mass is 492 g/mol. The Labute approximate surface area is 218 Å². The van der Waals surface area contributed by atoms with Gasteiger partial charge in [0.1, 0.15) is 18.4 Å². The van der Waals surface area contributed by atoms with Crippen LogP contribution in [0.25, 0.3) is 5.57 Å². The molecule has 1 heterocycles. The molecule has 3 aromatic rings. The van der Waals surface area contributed by atoms with E-state index >= 15 is 0 Å². The Bertz CT molecular complexity index is 1350. The van der Waals surface area contributed by atoms with Crippen molar-refractivity contribution in [2.45, 2.75) is 32.4 Å². The largest absolute Gasteiger partial charge is 0.492 e. The summed E-state index contributed by atoms with van der Waals surface area (Å²) in [5.74, 6) is -0.0849. The van der Waals surface area contributed by atoms with Crippen molar-refractivity contribution in [3.8, 4) is 5.75 Å². The van der Waals surface area contributed by atoms with E-state index in [-0.39, 0.29) is 0 Å². The van der Waals surface area contributed by atoms with Gasteiger partial charge in [-0.2, -0.15) is 0 Å². The molecule has 0 fully saturated rings. The number of rotatable bonds is 9. The molecule has 2 N–H and O–H groups in total. The molecule has 0 radical (unpaired) electrons. The second kappa shape index (κ2) is 11.2. The van der Waals surface area contributed by atoms with Gasteiger partial charge in [0.15, 0.2) is 0 Å².